The highest BCUT2D eigenvalue weighted by molar-refractivity contribution is 6.08. The minimum Gasteiger partial charge on any atom is -0.508 e. The second-order valence-corrected chi connectivity index (χ2v) is 10.5. The number of rotatable bonds is 4. The molecule has 0 radical (unpaired) electrons. The van der Waals surface area contributed by atoms with E-state index < -0.39 is 5.60 Å². The van der Waals surface area contributed by atoms with Crippen LogP contribution in [0.15, 0.2) is 42.5 Å². The van der Waals surface area contributed by atoms with Crippen molar-refractivity contribution in [3.63, 3.8) is 0 Å². The number of β-amino-alcohol motifs (C(OH)–C–C–N with tert-alkyl or cyclic N) is 1. The Morgan fingerprint density at radius 2 is 1.69 bits per heavy atom. The van der Waals surface area contributed by atoms with E-state index in [4.69, 9.17) is 0 Å². The molecule has 2 saturated heterocycles. The van der Waals surface area contributed by atoms with E-state index >= 15 is 0 Å². The monoisotopic (exact) mass is 435 g/mol. The van der Waals surface area contributed by atoms with Crippen LogP contribution >= 0.6 is 0 Å². The Labute approximate surface area is 190 Å². The first kappa shape index (κ1) is 21.3. The number of hydrogen-bond acceptors (Lipinski definition) is 5. The van der Waals surface area contributed by atoms with Gasteiger partial charge in [-0.2, -0.15) is 0 Å². The van der Waals surface area contributed by atoms with E-state index in [0.717, 1.165) is 50.4 Å². The summed E-state index contributed by atoms with van der Waals surface area (Å²) in [5, 5.41) is 19.9. The Hall–Kier alpha value is -2.57. The smallest absolute Gasteiger partial charge is 0.258 e. The first-order valence-electron chi connectivity index (χ1n) is 11.7. The van der Waals surface area contributed by atoms with E-state index in [-0.39, 0.29) is 11.7 Å². The number of amides is 1. The molecule has 3 aliphatic heterocycles. The standard InChI is InChI=1S/C26H33N3O3/c1-25(2,32)16-27-13-10-26(17-27)11-14-28(18-26)20-3-5-21(6-4-20)29-12-9-19-15-22(30)7-8-23(19)24(29)31/h3-8,15,30,32H,9-14,16-18H2,1-2H3/t26-/m0/s1. The third-order valence-corrected chi connectivity index (χ3v) is 7.26. The number of carbonyl (C=O) groups is 1. The maximum absolute atomic E-state index is 13.0. The summed E-state index contributed by atoms with van der Waals surface area (Å²) >= 11 is 0. The number of fused-ring (bicyclic) bond motifs is 1. The average molecular weight is 436 g/mol. The lowest BCUT2D eigenvalue weighted by Gasteiger charge is -2.30. The number of carbonyl (C=O) groups excluding carboxylic acids is 1. The number of benzene rings is 2. The summed E-state index contributed by atoms with van der Waals surface area (Å²) in [6, 6.07) is 13.4. The Kier molecular flexibility index (Phi) is 5.18. The SMILES string of the molecule is CC(C)(O)CN1CC[C@]2(CCN(c3ccc(N4CCc5cc(O)ccc5C4=O)cc3)C2)C1. The number of likely N-dealkylation sites (tertiary alicyclic amines) is 1. The van der Waals surface area contributed by atoms with Crippen molar-refractivity contribution in [3.8, 4) is 5.75 Å². The molecule has 5 rings (SSSR count). The minimum absolute atomic E-state index is 0.00280. The summed E-state index contributed by atoms with van der Waals surface area (Å²) in [6.07, 6.45) is 3.12. The molecule has 0 unspecified atom stereocenters. The second-order valence-electron chi connectivity index (χ2n) is 10.5. The maximum Gasteiger partial charge on any atom is 0.258 e. The molecular weight excluding hydrogens is 402 g/mol. The molecular formula is C26H33N3O3. The van der Waals surface area contributed by atoms with Gasteiger partial charge in [0.2, 0.25) is 0 Å². The molecule has 170 valence electrons. The first-order chi connectivity index (χ1) is 15.2. The molecule has 1 atom stereocenters. The van der Waals surface area contributed by atoms with E-state index in [1.165, 1.54) is 18.5 Å². The van der Waals surface area contributed by atoms with Crippen molar-refractivity contribution in [1.82, 2.24) is 4.90 Å². The lowest BCUT2D eigenvalue weighted by Crippen LogP contribution is -2.39. The summed E-state index contributed by atoms with van der Waals surface area (Å²) in [5.74, 6) is 0.208. The van der Waals surface area contributed by atoms with E-state index in [1.54, 1.807) is 18.2 Å². The van der Waals surface area contributed by atoms with Crippen molar-refractivity contribution in [2.75, 3.05) is 49.1 Å². The van der Waals surface area contributed by atoms with Crippen molar-refractivity contribution in [2.45, 2.75) is 38.7 Å². The van der Waals surface area contributed by atoms with Gasteiger partial charge in [0.15, 0.2) is 0 Å². The van der Waals surface area contributed by atoms with Gasteiger partial charge in [0.05, 0.1) is 5.60 Å². The van der Waals surface area contributed by atoms with Crippen LogP contribution < -0.4 is 9.80 Å². The highest BCUT2D eigenvalue weighted by atomic mass is 16.3. The maximum atomic E-state index is 13.0. The molecule has 32 heavy (non-hydrogen) atoms. The molecule has 6 heteroatoms. The Morgan fingerprint density at radius 1 is 0.969 bits per heavy atom. The predicted molar refractivity (Wildman–Crippen MR) is 127 cm³/mol. The van der Waals surface area contributed by atoms with Crippen LogP contribution in [-0.2, 0) is 6.42 Å². The molecule has 2 aromatic carbocycles. The highest BCUT2D eigenvalue weighted by Crippen LogP contribution is 2.41. The van der Waals surface area contributed by atoms with Crippen molar-refractivity contribution in [3.05, 3.63) is 53.6 Å². The molecule has 0 aromatic heterocycles. The van der Waals surface area contributed by atoms with Crippen molar-refractivity contribution in [1.29, 1.82) is 0 Å². The van der Waals surface area contributed by atoms with Crippen molar-refractivity contribution in [2.24, 2.45) is 5.41 Å². The minimum atomic E-state index is -0.646. The van der Waals surface area contributed by atoms with Gasteiger partial charge in [-0.15, -0.1) is 0 Å². The van der Waals surface area contributed by atoms with Gasteiger partial charge in [0.25, 0.3) is 5.91 Å². The molecule has 2 N–H and O–H groups in total. The lowest BCUT2D eigenvalue weighted by molar-refractivity contribution is 0.0408. The molecule has 0 saturated carbocycles. The van der Waals surface area contributed by atoms with Crippen LogP contribution in [0.5, 0.6) is 5.75 Å². The summed E-state index contributed by atoms with van der Waals surface area (Å²) in [4.78, 5) is 19.7. The molecule has 1 spiro atoms. The number of nitrogens with zero attached hydrogens (tertiary/aromatic N) is 3. The number of phenols is 1. The molecule has 0 aliphatic carbocycles. The third-order valence-electron chi connectivity index (χ3n) is 7.26. The van der Waals surface area contributed by atoms with Gasteiger partial charge in [-0.1, -0.05) is 0 Å². The van der Waals surface area contributed by atoms with Crippen LogP contribution in [0.2, 0.25) is 0 Å². The van der Waals surface area contributed by atoms with Gasteiger partial charge in [-0.3, -0.25) is 9.69 Å². The molecule has 6 nitrogen and oxygen atoms in total. The van der Waals surface area contributed by atoms with E-state index in [9.17, 15) is 15.0 Å². The zero-order valence-electron chi connectivity index (χ0n) is 19.0. The van der Waals surface area contributed by atoms with Gasteiger partial charge in [0.1, 0.15) is 5.75 Å². The van der Waals surface area contributed by atoms with Crippen LogP contribution in [0, 0.1) is 5.41 Å². The normalized spacial score (nSPS) is 23.9. The fourth-order valence-corrected chi connectivity index (χ4v) is 5.76. The van der Waals surface area contributed by atoms with Gasteiger partial charge in [0, 0.05) is 55.1 Å². The molecule has 0 bridgehead atoms. The van der Waals surface area contributed by atoms with Crippen LogP contribution in [0.3, 0.4) is 0 Å². The van der Waals surface area contributed by atoms with Crippen molar-refractivity contribution >= 4 is 17.3 Å². The summed E-state index contributed by atoms with van der Waals surface area (Å²) in [5.41, 5.74) is 3.40. The molecule has 3 aliphatic rings. The Morgan fingerprint density at radius 3 is 2.44 bits per heavy atom. The van der Waals surface area contributed by atoms with Crippen LogP contribution in [-0.4, -0.2) is 65.9 Å². The van der Waals surface area contributed by atoms with Crippen LogP contribution in [0.1, 0.15) is 42.6 Å². The lowest BCUT2D eigenvalue weighted by atomic mass is 9.86. The van der Waals surface area contributed by atoms with Gasteiger partial charge in [-0.05, 0) is 87.7 Å². The average Bonchev–Trinajstić information content (AvgIpc) is 3.33. The highest BCUT2D eigenvalue weighted by Gasteiger charge is 2.44. The molecule has 2 fully saturated rings. The number of hydrogen-bond donors (Lipinski definition) is 2. The van der Waals surface area contributed by atoms with Gasteiger partial charge in [-0.25, -0.2) is 0 Å². The van der Waals surface area contributed by atoms with Gasteiger partial charge < -0.3 is 20.0 Å². The van der Waals surface area contributed by atoms with Crippen LogP contribution in [0.4, 0.5) is 11.4 Å². The largest absolute Gasteiger partial charge is 0.508 e. The number of anilines is 2. The van der Waals surface area contributed by atoms with Gasteiger partial charge >= 0.3 is 0 Å². The topological polar surface area (TPSA) is 67.2 Å². The first-order valence-corrected chi connectivity index (χ1v) is 11.7. The van der Waals surface area contributed by atoms with E-state index in [2.05, 4.69) is 34.1 Å². The van der Waals surface area contributed by atoms with Crippen molar-refractivity contribution < 1.29 is 15.0 Å². The fourth-order valence-electron chi connectivity index (χ4n) is 5.76. The zero-order chi connectivity index (χ0) is 22.5. The second kappa shape index (κ2) is 7.78. The molecule has 1 amide bonds. The summed E-state index contributed by atoms with van der Waals surface area (Å²) < 4.78 is 0. The van der Waals surface area contributed by atoms with E-state index in [0.29, 0.717) is 17.5 Å². The number of aromatic hydroxyl groups is 1. The van der Waals surface area contributed by atoms with Crippen LogP contribution in [0.25, 0.3) is 0 Å². The predicted octanol–water partition coefficient (Wildman–Crippen LogP) is 3.27. The molecule has 3 heterocycles. The number of phenolic OH excluding ortho intramolecular Hbond substituents is 1. The Bertz CT molecular complexity index is 1010. The zero-order valence-corrected chi connectivity index (χ0v) is 19.0. The van der Waals surface area contributed by atoms with E-state index in [1.807, 2.05) is 18.7 Å². The fraction of sp³-hybridized carbons (Fsp3) is 0.500. The Balaban J connectivity index is 1.25. The summed E-state index contributed by atoms with van der Waals surface area (Å²) in [6.45, 7) is 9.35. The summed E-state index contributed by atoms with van der Waals surface area (Å²) in [7, 11) is 0. The molecule has 2 aromatic rings. The quantitative estimate of drug-likeness (QED) is 0.772. The number of aliphatic hydroxyl groups is 1. The third kappa shape index (κ3) is 4.09.